The molecule has 0 amide bonds. The van der Waals surface area contributed by atoms with Crippen molar-refractivity contribution in [2.75, 3.05) is 4.90 Å². The van der Waals surface area contributed by atoms with E-state index in [2.05, 4.69) is 170 Å². The molecule has 0 saturated carbocycles. The van der Waals surface area contributed by atoms with Crippen molar-refractivity contribution < 1.29 is 0 Å². The summed E-state index contributed by atoms with van der Waals surface area (Å²) in [5.74, 6) is 0. The van der Waals surface area contributed by atoms with E-state index in [-0.39, 0.29) is 0 Å². The van der Waals surface area contributed by atoms with Crippen molar-refractivity contribution in [1.82, 2.24) is 9.97 Å². The SMILES string of the molecule is Cc1ccc(N(c2ccc(C)cc2)c2c3ccccc3c(-c3cnc(-c4ccc5ccc6cccc7ccc4c5c67)cn3)c3ccccc23)cc1. The molecule has 1 heterocycles. The van der Waals surface area contributed by atoms with Crippen LogP contribution in [-0.2, 0) is 0 Å². The van der Waals surface area contributed by atoms with E-state index in [1.165, 1.54) is 43.4 Å². The van der Waals surface area contributed by atoms with Crippen LogP contribution in [0.3, 0.4) is 0 Å². The number of nitrogens with zero attached hydrogens (tertiary/aromatic N) is 3. The molecule has 1 aromatic heterocycles. The van der Waals surface area contributed by atoms with Gasteiger partial charge in [0.15, 0.2) is 0 Å². The molecule has 3 heteroatoms. The highest BCUT2D eigenvalue weighted by Gasteiger charge is 2.23. The molecular formula is C48H33N3. The van der Waals surface area contributed by atoms with Crippen molar-refractivity contribution in [3.63, 3.8) is 0 Å². The minimum Gasteiger partial charge on any atom is -0.309 e. The molecule has 0 aliphatic heterocycles. The van der Waals surface area contributed by atoms with E-state index in [0.717, 1.165) is 61.1 Å². The second-order valence-corrected chi connectivity index (χ2v) is 13.6. The molecule has 0 unspecified atom stereocenters. The Morgan fingerprint density at radius 3 is 1.45 bits per heavy atom. The highest BCUT2D eigenvalue weighted by atomic mass is 15.1. The predicted molar refractivity (Wildman–Crippen MR) is 216 cm³/mol. The number of aryl methyl sites for hydroxylation is 2. The van der Waals surface area contributed by atoms with Crippen LogP contribution in [0.25, 0.3) is 76.4 Å². The number of hydrogen-bond acceptors (Lipinski definition) is 3. The summed E-state index contributed by atoms with van der Waals surface area (Å²) in [4.78, 5) is 12.7. The van der Waals surface area contributed by atoms with Gasteiger partial charge in [0, 0.05) is 33.3 Å². The molecule has 0 N–H and O–H groups in total. The van der Waals surface area contributed by atoms with Gasteiger partial charge in [0.05, 0.1) is 29.5 Å². The summed E-state index contributed by atoms with van der Waals surface area (Å²) in [6, 6.07) is 54.9. The first-order chi connectivity index (χ1) is 25.1. The van der Waals surface area contributed by atoms with Gasteiger partial charge in [0.25, 0.3) is 0 Å². The average Bonchev–Trinajstić information content (AvgIpc) is 3.18. The van der Waals surface area contributed by atoms with Crippen LogP contribution in [0, 0.1) is 13.8 Å². The van der Waals surface area contributed by atoms with E-state index in [0.29, 0.717) is 0 Å². The van der Waals surface area contributed by atoms with Crippen LogP contribution in [0.15, 0.2) is 164 Å². The lowest BCUT2D eigenvalue weighted by Crippen LogP contribution is -2.11. The molecule has 0 aliphatic rings. The Bertz CT molecular complexity index is 2790. The molecule has 0 atom stereocenters. The topological polar surface area (TPSA) is 29.0 Å². The van der Waals surface area contributed by atoms with Gasteiger partial charge in [0.2, 0.25) is 0 Å². The zero-order valence-electron chi connectivity index (χ0n) is 28.4. The Kier molecular flexibility index (Phi) is 6.62. The molecular weight excluding hydrogens is 619 g/mol. The summed E-state index contributed by atoms with van der Waals surface area (Å²) < 4.78 is 0. The van der Waals surface area contributed by atoms with Crippen molar-refractivity contribution in [3.8, 4) is 22.5 Å². The molecule has 240 valence electrons. The van der Waals surface area contributed by atoms with Gasteiger partial charge in [-0.1, -0.05) is 139 Å². The Morgan fingerprint density at radius 2 is 0.882 bits per heavy atom. The molecule has 0 bridgehead atoms. The summed E-state index contributed by atoms with van der Waals surface area (Å²) in [6.45, 7) is 4.27. The van der Waals surface area contributed by atoms with E-state index in [1.54, 1.807) is 0 Å². The molecule has 10 aromatic rings. The van der Waals surface area contributed by atoms with Gasteiger partial charge in [-0.3, -0.25) is 9.97 Å². The van der Waals surface area contributed by atoms with Crippen molar-refractivity contribution in [3.05, 3.63) is 175 Å². The second kappa shape index (κ2) is 11.5. The van der Waals surface area contributed by atoms with E-state index in [4.69, 9.17) is 9.97 Å². The number of anilines is 3. The van der Waals surface area contributed by atoms with Crippen molar-refractivity contribution in [1.29, 1.82) is 0 Å². The fraction of sp³-hybridized carbons (Fsp3) is 0.0417. The number of fused-ring (bicyclic) bond motifs is 2. The molecule has 0 aliphatic carbocycles. The van der Waals surface area contributed by atoms with Crippen molar-refractivity contribution >= 4 is 70.9 Å². The monoisotopic (exact) mass is 651 g/mol. The molecule has 9 aromatic carbocycles. The van der Waals surface area contributed by atoms with Crippen LogP contribution in [0.2, 0.25) is 0 Å². The third-order valence-corrected chi connectivity index (χ3v) is 10.4. The maximum atomic E-state index is 5.17. The molecule has 0 fully saturated rings. The Hall–Kier alpha value is -6.58. The largest absolute Gasteiger partial charge is 0.309 e. The summed E-state index contributed by atoms with van der Waals surface area (Å²) in [7, 11) is 0. The lowest BCUT2D eigenvalue weighted by molar-refractivity contribution is 1.22. The van der Waals surface area contributed by atoms with Crippen LogP contribution >= 0.6 is 0 Å². The van der Waals surface area contributed by atoms with Crippen LogP contribution in [0.1, 0.15) is 11.1 Å². The first-order valence-electron chi connectivity index (χ1n) is 17.5. The Balaban J connectivity index is 1.18. The van der Waals surface area contributed by atoms with Gasteiger partial charge in [0.1, 0.15) is 0 Å². The number of benzene rings is 9. The molecule has 3 nitrogen and oxygen atoms in total. The number of hydrogen-bond donors (Lipinski definition) is 0. The van der Waals surface area contributed by atoms with Gasteiger partial charge in [-0.2, -0.15) is 0 Å². The lowest BCUT2D eigenvalue weighted by atomic mass is 9.91. The normalized spacial score (nSPS) is 11.7. The predicted octanol–water partition coefficient (Wildman–Crippen LogP) is 13.1. The first kappa shape index (κ1) is 29.3. The fourth-order valence-corrected chi connectivity index (χ4v) is 7.97. The molecule has 10 rings (SSSR count). The minimum absolute atomic E-state index is 0.854. The zero-order chi connectivity index (χ0) is 34.1. The lowest BCUT2D eigenvalue weighted by Gasteiger charge is -2.29. The fourth-order valence-electron chi connectivity index (χ4n) is 7.97. The van der Waals surface area contributed by atoms with E-state index < -0.39 is 0 Å². The molecule has 51 heavy (non-hydrogen) atoms. The Morgan fingerprint density at radius 1 is 0.392 bits per heavy atom. The van der Waals surface area contributed by atoms with E-state index >= 15 is 0 Å². The maximum absolute atomic E-state index is 5.17. The van der Waals surface area contributed by atoms with Crippen molar-refractivity contribution in [2.45, 2.75) is 13.8 Å². The highest BCUT2D eigenvalue weighted by molar-refractivity contribution is 6.25. The quantitative estimate of drug-likeness (QED) is 0.137. The first-order valence-corrected chi connectivity index (χ1v) is 17.5. The minimum atomic E-state index is 0.854. The van der Waals surface area contributed by atoms with E-state index in [1.807, 2.05) is 12.4 Å². The van der Waals surface area contributed by atoms with Crippen LogP contribution < -0.4 is 4.90 Å². The molecule has 0 saturated heterocycles. The van der Waals surface area contributed by atoms with Gasteiger partial charge in [-0.25, -0.2) is 0 Å². The van der Waals surface area contributed by atoms with Gasteiger partial charge >= 0.3 is 0 Å². The number of rotatable bonds is 5. The summed E-state index contributed by atoms with van der Waals surface area (Å²) in [6.07, 6.45) is 3.91. The standard InChI is InChI=1S/C48H33N3/c1-30-14-22-35(23-15-30)51(36-24-16-31(2)17-25-36)48-41-12-5-3-10-38(41)47(39-11-4-6-13-42(39)48)44-29-49-43(28-50-44)37-26-20-34-19-18-32-8-7-9-33-21-27-40(37)46(34)45(32)33/h3-29H,1-2H3. The third-order valence-electron chi connectivity index (χ3n) is 10.4. The summed E-state index contributed by atoms with van der Waals surface area (Å²) in [5, 5.41) is 12.1. The Labute approximate surface area is 296 Å². The highest BCUT2D eigenvalue weighted by Crippen LogP contribution is 2.48. The molecule has 0 radical (unpaired) electrons. The van der Waals surface area contributed by atoms with Crippen LogP contribution in [0.5, 0.6) is 0 Å². The smallest absolute Gasteiger partial charge is 0.0898 e. The number of aromatic nitrogens is 2. The summed E-state index contributed by atoms with van der Waals surface area (Å²) >= 11 is 0. The molecule has 0 spiro atoms. The van der Waals surface area contributed by atoms with Crippen molar-refractivity contribution in [2.24, 2.45) is 0 Å². The van der Waals surface area contributed by atoms with Crippen LogP contribution in [0.4, 0.5) is 17.1 Å². The zero-order valence-corrected chi connectivity index (χ0v) is 28.4. The van der Waals surface area contributed by atoms with Gasteiger partial charge < -0.3 is 4.90 Å². The van der Waals surface area contributed by atoms with E-state index in [9.17, 15) is 0 Å². The third kappa shape index (κ3) is 4.66. The summed E-state index contributed by atoms with van der Waals surface area (Å²) in [5.41, 5.74) is 9.75. The average molecular weight is 652 g/mol. The van der Waals surface area contributed by atoms with Crippen LogP contribution in [-0.4, -0.2) is 9.97 Å². The second-order valence-electron chi connectivity index (χ2n) is 13.6. The van der Waals surface area contributed by atoms with Gasteiger partial charge in [-0.15, -0.1) is 0 Å². The maximum Gasteiger partial charge on any atom is 0.0898 e. The van der Waals surface area contributed by atoms with Gasteiger partial charge in [-0.05, 0) is 81.2 Å².